The van der Waals surface area contributed by atoms with Gasteiger partial charge in [0.05, 0.1) is 25.4 Å². The third kappa shape index (κ3) is 5.21. The van der Waals surface area contributed by atoms with Crippen molar-refractivity contribution in [3.63, 3.8) is 0 Å². The van der Waals surface area contributed by atoms with E-state index in [1.165, 1.54) is 0 Å². The van der Waals surface area contributed by atoms with Crippen LogP contribution in [0.4, 0.5) is 4.79 Å². The Labute approximate surface area is 150 Å². The molecule has 5 nitrogen and oxygen atoms in total. The van der Waals surface area contributed by atoms with Gasteiger partial charge in [-0.05, 0) is 55.7 Å². The van der Waals surface area contributed by atoms with Crippen molar-refractivity contribution in [2.75, 3.05) is 14.2 Å². The Morgan fingerprint density at radius 1 is 1.24 bits per heavy atom. The summed E-state index contributed by atoms with van der Waals surface area (Å²) < 4.78 is 5.18. The zero-order valence-electron chi connectivity index (χ0n) is 15.7. The number of ether oxygens (including phenoxy) is 1. The second kappa shape index (κ2) is 8.51. The lowest BCUT2D eigenvalue weighted by Gasteiger charge is -2.23. The summed E-state index contributed by atoms with van der Waals surface area (Å²) in [7, 11) is 3.43. The van der Waals surface area contributed by atoms with Crippen LogP contribution in [-0.4, -0.2) is 30.1 Å². The maximum atomic E-state index is 12.5. The second-order valence-corrected chi connectivity index (χ2v) is 6.32. The van der Waals surface area contributed by atoms with Gasteiger partial charge < -0.3 is 15.0 Å². The smallest absolute Gasteiger partial charge is 0.317 e. The lowest BCUT2D eigenvalue weighted by Crippen LogP contribution is -2.39. The monoisotopic (exact) mass is 341 g/mol. The van der Waals surface area contributed by atoms with Crippen molar-refractivity contribution in [3.8, 4) is 5.75 Å². The highest BCUT2D eigenvalue weighted by molar-refractivity contribution is 5.74. The number of urea groups is 1. The summed E-state index contributed by atoms with van der Waals surface area (Å²) in [6, 6.07) is 11.7. The maximum absolute atomic E-state index is 12.5. The SMILES string of the molecule is CCC(NC(=O)N(C)Cc1cc(C)cc(C)n1)c1ccc(OC)cc1. The number of methoxy groups -OCH3 is 1. The molecule has 0 aliphatic heterocycles. The lowest BCUT2D eigenvalue weighted by molar-refractivity contribution is 0.201. The molecule has 1 atom stereocenters. The Kier molecular flexibility index (Phi) is 6.39. The standard InChI is InChI=1S/C20H27N3O2/c1-6-19(16-7-9-18(25-5)10-8-16)22-20(24)23(4)13-17-12-14(2)11-15(3)21-17/h7-12,19H,6,13H2,1-5H3,(H,22,24). The fraction of sp³-hybridized carbons (Fsp3) is 0.400. The van der Waals surface area contributed by atoms with E-state index in [1.807, 2.05) is 50.2 Å². The minimum atomic E-state index is -0.108. The fourth-order valence-corrected chi connectivity index (χ4v) is 2.84. The Balaban J connectivity index is 2.02. The molecule has 5 heteroatoms. The molecule has 0 radical (unpaired) electrons. The van der Waals surface area contributed by atoms with E-state index < -0.39 is 0 Å². The van der Waals surface area contributed by atoms with E-state index in [9.17, 15) is 4.79 Å². The first-order chi connectivity index (χ1) is 11.9. The molecule has 0 saturated carbocycles. The summed E-state index contributed by atoms with van der Waals surface area (Å²) in [4.78, 5) is 18.7. The van der Waals surface area contributed by atoms with Crippen LogP contribution in [0.15, 0.2) is 36.4 Å². The van der Waals surface area contributed by atoms with Crippen molar-refractivity contribution in [3.05, 3.63) is 58.9 Å². The van der Waals surface area contributed by atoms with E-state index in [0.29, 0.717) is 6.54 Å². The molecule has 2 amide bonds. The van der Waals surface area contributed by atoms with Gasteiger partial charge in [-0.2, -0.15) is 0 Å². The molecule has 0 bridgehead atoms. The highest BCUT2D eigenvalue weighted by atomic mass is 16.5. The number of nitrogens with one attached hydrogen (secondary N) is 1. The average Bonchev–Trinajstić information content (AvgIpc) is 2.58. The lowest BCUT2D eigenvalue weighted by atomic mass is 10.0. The van der Waals surface area contributed by atoms with Crippen molar-refractivity contribution in [1.29, 1.82) is 0 Å². The van der Waals surface area contributed by atoms with Crippen LogP contribution in [0.3, 0.4) is 0 Å². The minimum absolute atomic E-state index is 0.0342. The maximum Gasteiger partial charge on any atom is 0.317 e. The molecule has 1 aromatic carbocycles. The first-order valence-electron chi connectivity index (χ1n) is 8.52. The molecule has 134 valence electrons. The number of rotatable bonds is 6. The second-order valence-electron chi connectivity index (χ2n) is 6.32. The molecule has 25 heavy (non-hydrogen) atoms. The van der Waals surface area contributed by atoms with Crippen LogP contribution in [0.5, 0.6) is 5.75 Å². The van der Waals surface area contributed by atoms with E-state index in [0.717, 1.165) is 34.7 Å². The van der Waals surface area contributed by atoms with E-state index >= 15 is 0 Å². The number of hydrogen-bond donors (Lipinski definition) is 1. The number of nitrogens with zero attached hydrogens (tertiary/aromatic N) is 2. The molecule has 0 aliphatic rings. The number of pyridine rings is 1. The number of carbonyl (C=O) groups is 1. The van der Waals surface area contributed by atoms with Crippen molar-refractivity contribution in [2.24, 2.45) is 0 Å². The van der Waals surface area contributed by atoms with Crippen molar-refractivity contribution >= 4 is 6.03 Å². The van der Waals surface area contributed by atoms with Crippen LogP contribution in [0.25, 0.3) is 0 Å². The Morgan fingerprint density at radius 3 is 2.48 bits per heavy atom. The zero-order chi connectivity index (χ0) is 18.4. The first kappa shape index (κ1) is 18.8. The van der Waals surface area contributed by atoms with Gasteiger partial charge in [0.1, 0.15) is 5.75 Å². The van der Waals surface area contributed by atoms with Crippen LogP contribution >= 0.6 is 0 Å². The number of carbonyl (C=O) groups excluding carboxylic acids is 1. The highest BCUT2D eigenvalue weighted by Gasteiger charge is 2.16. The van der Waals surface area contributed by atoms with Crippen LogP contribution in [0.2, 0.25) is 0 Å². The van der Waals surface area contributed by atoms with Crippen molar-refractivity contribution < 1.29 is 9.53 Å². The third-order valence-electron chi connectivity index (χ3n) is 4.12. The number of aryl methyl sites for hydroxylation is 2. The molecule has 0 spiro atoms. The van der Waals surface area contributed by atoms with Crippen LogP contribution in [0, 0.1) is 13.8 Å². The van der Waals surface area contributed by atoms with Gasteiger partial charge in [-0.1, -0.05) is 19.1 Å². The van der Waals surface area contributed by atoms with Gasteiger partial charge in [0.15, 0.2) is 0 Å². The molecule has 1 N–H and O–H groups in total. The topological polar surface area (TPSA) is 54.5 Å². The molecule has 1 aromatic heterocycles. The summed E-state index contributed by atoms with van der Waals surface area (Å²) >= 11 is 0. The molecule has 0 fully saturated rings. The minimum Gasteiger partial charge on any atom is -0.497 e. The molecule has 2 rings (SSSR count). The van der Waals surface area contributed by atoms with Gasteiger partial charge in [-0.15, -0.1) is 0 Å². The Hall–Kier alpha value is -2.56. The summed E-state index contributed by atoms with van der Waals surface area (Å²) in [5, 5.41) is 3.09. The highest BCUT2D eigenvalue weighted by Crippen LogP contribution is 2.20. The van der Waals surface area contributed by atoms with Gasteiger partial charge in [-0.25, -0.2) is 4.79 Å². The fourth-order valence-electron chi connectivity index (χ4n) is 2.84. The average molecular weight is 341 g/mol. The van der Waals surface area contributed by atoms with E-state index in [1.54, 1.807) is 19.1 Å². The summed E-state index contributed by atoms with van der Waals surface area (Å²) in [5.74, 6) is 0.808. The van der Waals surface area contributed by atoms with Gasteiger partial charge >= 0.3 is 6.03 Å². The summed E-state index contributed by atoms with van der Waals surface area (Å²) in [6.07, 6.45) is 0.813. The number of aromatic nitrogens is 1. The zero-order valence-corrected chi connectivity index (χ0v) is 15.7. The van der Waals surface area contributed by atoms with Gasteiger partial charge in [-0.3, -0.25) is 4.98 Å². The molecule has 1 heterocycles. The number of amides is 2. The predicted octanol–water partition coefficient (Wildman–Crippen LogP) is 4.00. The van der Waals surface area contributed by atoms with E-state index in [2.05, 4.69) is 17.2 Å². The van der Waals surface area contributed by atoms with Gasteiger partial charge in [0, 0.05) is 12.7 Å². The normalized spacial score (nSPS) is 11.7. The third-order valence-corrected chi connectivity index (χ3v) is 4.12. The largest absolute Gasteiger partial charge is 0.497 e. The predicted molar refractivity (Wildman–Crippen MR) is 99.7 cm³/mol. The van der Waals surface area contributed by atoms with E-state index in [4.69, 9.17) is 4.74 Å². The molecule has 0 saturated heterocycles. The molecular weight excluding hydrogens is 314 g/mol. The van der Waals surface area contributed by atoms with E-state index in [-0.39, 0.29) is 12.1 Å². The quantitative estimate of drug-likeness (QED) is 0.864. The number of hydrogen-bond acceptors (Lipinski definition) is 3. The van der Waals surface area contributed by atoms with Gasteiger partial charge in [0.2, 0.25) is 0 Å². The molecular formula is C20H27N3O2. The van der Waals surface area contributed by atoms with Crippen molar-refractivity contribution in [1.82, 2.24) is 15.2 Å². The summed E-state index contributed by atoms with van der Waals surface area (Å²) in [6.45, 7) is 6.54. The Morgan fingerprint density at radius 2 is 1.92 bits per heavy atom. The van der Waals surface area contributed by atoms with Crippen LogP contribution < -0.4 is 10.1 Å². The van der Waals surface area contributed by atoms with Crippen molar-refractivity contribution in [2.45, 2.75) is 39.8 Å². The Bertz CT molecular complexity index is 693. The van der Waals surface area contributed by atoms with Gasteiger partial charge in [0.25, 0.3) is 0 Å². The summed E-state index contributed by atoms with van der Waals surface area (Å²) in [5.41, 5.74) is 4.08. The molecule has 2 aromatic rings. The van der Waals surface area contributed by atoms with Crippen LogP contribution in [0.1, 0.15) is 41.9 Å². The van der Waals surface area contributed by atoms with Crippen LogP contribution in [-0.2, 0) is 6.54 Å². The molecule has 1 unspecified atom stereocenters. The number of benzene rings is 1. The molecule has 0 aliphatic carbocycles. The first-order valence-corrected chi connectivity index (χ1v) is 8.52.